The summed E-state index contributed by atoms with van der Waals surface area (Å²) < 4.78 is 0. The lowest BCUT2D eigenvalue weighted by Crippen LogP contribution is -2.39. The maximum Gasteiger partial charge on any atom is 0.0107 e. The molecule has 0 rings (SSSR count). The maximum absolute atomic E-state index is 3.72. The predicted octanol–water partition coefficient (Wildman–Crippen LogP) is 1.97. The second kappa shape index (κ2) is 13.5. The molecule has 1 unspecified atom stereocenters. The molecular formula is C17H40N4. The van der Waals surface area contributed by atoms with Crippen molar-refractivity contribution in [3.05, 3.63) is 0 Å². The lowest BCUT2D eigenvalue weighted by atomic mass is 10.1. The monoisotopic (exact) mass is 300 g/mol. The predicted molar refractivity (Wildman–Crippen MR) is 95.2 cm³/mol. The van der Waals surface area contributed by atoms with Gasteiger partial charge in [-0.1, -0.05) is 20.3 Å². The van der Waals surface area contributed by atoms with Crippen molar-refractivity contribution in [3.63, 3.8) is 0 Å². The summed E-state index contributed by atoms with van der Waals surface area (Å²) >= 11 is 0. The highest BCUT2D eigenvalue weighted by atomic mass is 15.2. The van der Waals surface area contributed by atoms with Crippen molar-refractivity contribution in [2.24, 2.45) is 0 Å². The van der Waals surface area contributed by atoms with E-state index in [2.05, 4.69) is 62.1 Å². The van der Waals surface area contributed by atoms with Crippen LogP contribution in [0.3, 0.4) is 0 Å². The zero-order valence-electron chi connectivity index (χ0n) is 15.5. The van der Waals surface area contributed by atoms with Gasteiger partial charge in [0.05, 0.1) is 0 Å². The Kier molecular flexibility index (Phi) is 13.4. The molecule has 0 aliphatic heterocycles. The van der Waals surface area contributed by atoms with Crippen LogP contribution >= 0.6 is 0 Å². The molecule has 1 N–H and O–H groups in total. The highest BCUT2D eigenvalue weighted by molar-refractivity contribution is 4.68. The van der Waals surface area contributed by atoms with Gasteiger partial charge in [0.15, 0.2) is 0 Å². The third-order valence-corrected chi connectivity index (χ3v) is 4.10. The fourth-order valence-corrected chi connectivity index (χ4v) is 2.31. The topological polar surface area (TPSA) is 21.8 Å². The second-order valence-corrected chi connectivity index (χ2v) is 6.61. The van der Waals surface area contributed by atoms with Gasteiger partial charge < -0.3 is 20.0 Å². The van der Waals surface area contributed by atoms with Gasteiger partial charge in [0, 0.05) is 32.2 Å². The number of hydrogen-bond donors (Lipinski definition) is 1. The average molecular weight is 301 g/mol. The van der Waals surface area contributed by atoms with E-state index < -0.39 is 0 Å². The number of hydrogen-bond acceptors (Lipinski definition) is 4. The molecule has 21 heavy (non-hydrogen) atoms. The number of nitrogens with one attached hydrogen (secondary N) is 1. The summed E-state index contributed by atoms with van der Waals surface area (Å²) in [5, 5.41) is 3.72. The Labute approximate surface area is 133 Å². The first-order valence-corrected chi connectivity index (χ1v) is 8.74. The molecule has 4 nitrogen and oxygen atoms in total. The van der Waals surface area contributed by atoms with E-state index in [1.165, 1.54) is 38.8 Å². The van der Waals surface area contributed by atoms with Gasteiger partial charge in [-0.15, -0.1) is 0 Å². The van der Waals surface area contributed by atoms with E-state index in [1.807, 2.05) is 0 Å². The van der Waals surface area contributed by atoms with E-state index in [-0.39, 0.29) is 0 Å². The largest absolute Gasteiger partial charge is 0.313 e. The summed E-state index contributed by atoms with van der Waals surface area (Å²) in [5.74, 6) is 0. The molecule has 0 saturated heterocycles. The van der Waals surface area contributed by atoms with Crippen LogP contribution in [-0.2, 0) is 0 Å². The summed E-state index contributed by atoms with van der Waals surface area (Å²) in [6.45, 7) is 11.5. The smallest absolute Gasteiger partial charge is 0.0107 e. The molecule has 0 spiro atoms. The summed E-state index contributed by atoms with van der Waals surface area (Å²) in [6.07, 6.45) is 5.09. The van der Waals surface area contributed by atoms with Crippen molar-refractivity contribution in [3.8, 4) is 0 Å². The lowest BCUT2D eigenvalue weighted by molar-refractivity contribution is 0.268. The molecule has 0 aromatic rings. The van der Waals surface area contributed by atoms with Gasteiger partial charge in [-0.3, -0.25) is 0 Å². The van der Waals surface area contributed by atoms with E-state index in [1.54, 1.807) is 0 Å². The first kappa shape index (κ1) is 20.8. The summed E-state index contributed by atoms with van der Waals surface area (Å²) in [4.78, 5) is 7.12. The molecule has 128 valence electrons. The Morgan fingerprint density at radius 3 is 2.05 bits per heavy atom. The highest BCUT2D eigenvalue weighted by Crippen LogP contribution is 2.01. The van der Waals surface area contributed by atoms with Gasteiger partial charge in [-0.25, -0.2) is 0 Å². The average Bonchev–Trinajstić information content (AvgIpc) is 2.46. The van der Waals surface area contributed by atoms with Gasteiger partial charge >= 0.3 is 0 Å². The molecule has 0 saturated carbocycles. The van der Waals surface area contributed by atoms with Crippen LogP contribution in [-0.4, -0.2) is 88.2 Å². The van der Waals surface area contributed by atoms with Crippen LogP contribution in [0.1, 0.15) is 39.5 Å². The Morgan fingerprint density at radius 1 is 0.810 bits per heavy atom. The number of likely N-dealkylation sites (N-methyl/N-ethyl adjacent to an activating group) is 2. The second-order valence-electron chi connectivity index (χ2n) is 6.61. The van der Waals surface area contributed by atoms with Crippen molar-refractivity contribution < 1.29 is 0 Å². The Morgan fingerprint density at radius 2 is 1.48 bits per heavy atom. The van der Waals surface area contributed by atoms with Crippen molar-refractivity contribution in [1.29, 1.82) is 0 Å². The Balaban J connectivity index is 3.69. The van der Waals surface area contributed by atoms with Gasteiger partial charge in [0.25, 0.3) is 0 Å². The summed E-state index contributed by atoms with van der Waals surface area (Å²) in [7, 11) is 8.73. The van der Waals surface area contributed by atoms with E-state index >= 15 is 0 Å². The summed E-state index contributed by atoms with van der Waals surface area (Å²) in [5.41, 5.74) is 0. The van der Waals surface area contributed by atoms with Gasteiger partial charge in [-0.05, 0) is 60.5 Å². The van der Waals surface area contributed by atoms with Gasteiger partial charge in [0.1, 0.15) is 0 Å². The van der Waals surface area contributed by atoms with Crippen LogP contribution in [0.25, 0.3) is 0 Å². The molecule has 0 heterocycles. The van der Waals surface area contributed by atoms with E-state index in [4.69, 9.17) is 0 Å². The molecule has 0 bridgehead atoms. The Hall–Kier alpha value is -0.160. The van der Waals surface area contributed by atoms with Crippen molar-refractivity contribution in [2.75, 3.05) is 67.5 Å². The van der Waals surface area contributed by atoms with Crippen molar-refractivity contribution >= 4 is 0 Å². The minimum absolute atomic E-state index is 0.663. The van der Waals surface area contributed by atoms with Crippen LogP contribution in [0.2, 0.25) is 0 Å². The molecule has 0 fully saturated rings. The molecule has 0 aliphatic carbocycles. The van der Waals surface area contributed by atoms with Crippen molar-refractivity contribution in [1.82, 2.24) is 20.0 Å². The Bertz CT molecular complexity index is 221. The third kappa shape index (κ3) is 13.2. The molecule has 0 aromatic carbocycles. The zero-order chi connectivity index (χ0) is 16.1. The minimum atomic E-state index is 0.663. The van der Waals surface area contributed by atoms with Gasteiger partial charge in [0.2, 0.25) is 0 Å². The first-order valence-electron chi connectivity index (χ1n) is 8.74. The quantitative estimate of drug-likeness (QED) is 0.529. The number of nitrogens with zero attached hydrogens (tertiary/aromatic N) is 3. The van der Waals surface area contributed by atoms with Crippen molar-refractivity contribution in [2.45, 2.75) is 45.6 Å². The SMILES string of the molecule is CCCCN(C)CCC(CC)NCCN(C)CCN(C)C. The molecular weight excluding hydrogens is 260 g/mol. The van der Waals surface area contributed by atoms with Crippen LogP contribution in [0.4, 0.5) is 0 Å². The zero-order valence-corrected chi connectivity index (χ0v) is 15.5. The normalized spacial score (nSPS) is 13.6. The number of unbranched alkanes of at least 4 members (excludes halogenated alkanes) is 1. The van der Waals surface area contributed by atoms with E-state index in [0.717, 1.165) is 26.2 Å². The van der Waals surface area contributed by atoms with E-state index in [9.17, 15) is 0 Å². The molecule has 0 radical (unpaired) electrons. The van der Waals surface area contributed by atoms with Crippen LogP contribution in [0, 0.1) is 0 Å². The molecule has 0 aromatic heterocycles. The first-order chi connectivity index (χ1) is 9.99. The standard InChI is InChI=1S/C17H40N4/c1-7-9-12-20(5)13-10-17(8-2)18-11-14-21(6)16-15-19(3)4/h17-18H,7-16H2,1-6H3. The fraction of sp³-hybridized carbons (Fsp3) is 1.00. The van der Waals surface area contributed by atoms with Crippen LogP contribution in [0.5, 0.6) is 0 Å². The van der Waals surface area contributed by atoms with Crippen LogP contribution in [0.15, 0.2) is 0 Å². The van der Waals surface area contributed by atoms with Gasteiger partial charge in [-0.2, -0.15) is 0 Å². The third-order valence-electron chi connectivity index (χ3n) is 4.10. The summed E-state index contributed by atoms with van der Waals surface area (Å²) in [6, 6.07) is 0.663. The van der Waals surface area contributed by atoms with Crippen LogP contribution < -0.4 is 5.32 Å². The molecule has 1 atom stereocenters. The number of rotatable bonds is 14. The van der Waals surface area contributed by atoms with E-state index in [0.29, 0.717) is 6.04 Å². The molecule has 4 heteroatoms. The fourth-order valence-electron chi connectivity index (χ4n) is 2.31. The molecule has 0 amide bonds. The highest BCUT2D eigenvalue weighted by Gasteiger charge is 2.08. The molecule has 0 aliphatic rings. The minimum Gasteiger partial charge on any atom is -0.313 e. The maximum atomic E-state index is 3.72. The lowest BCUT2D eigenvalue weighted by Gasteiger charge is -2.24.